The van der Waals surface area contributed by atoms with Crippen LogP contribution in [0.5, 0.6) is 5.75 Å². The number of fused-ring (bicyclic) bond motifs is 1. The van der Waals surface area contributed by atoms with Crippen LogP contribution < -0.4 is 10.1 Å². The summed E-state index contributed by atoms with van der Waals surface area (Å²) in [5.41, 5.74) is 2.63. The van der Waals surface area contributed by atoms with Crippen LogP contribution >= 0.6 is 0 Å². The molecule has 0 saturated carbocycles. The largest absolute Gasteiger partial charge is 0.478 e. The number of benzene rings is 2. The average molecular weight is 339 g/mol. The second kappa shape index (κ2) is 7.28. The van der Waals surface area contributed by atoms with Gasteiger partial charge < -0.3 is 15.2 Å². The zero-order valence-corrected chi connectivity index (χ0v) is 14.8. The third kappa shape index (κ3) is 4.40. The first-order chi connectivity index (χ1) is 11.9. The van der Waals surface area contributed by atoms with Crippen molar-refractivity contribution in [1.29, 1.82) is 0 Å². The Labute approximate surface area is 148 Å². The highest BCUT2D eigenvalue weighted by Crippen LogP contribution is 2.28. The Bertz CT molecular complexity index is 740. The predicted molar refractivity (Wildman–Crippen MR) is 97.9 cm³/mol. The number of carboxylic acids is 1. The summed E-state index contributed by atoms with van der Waals surface area (Å²) in [6.07, 6.45) is 3.08. The van der Waals surface area contributed by atoms with E-state index < -0.39 is 11.6 Å². The van der Waals surface area contributed by atoms with Crippen LogP contribution in [0.4, 0.5) is 0 Å². The van der Waals surface area contributed by atoms with Crippen molar-refractivity contribution >= 4 is 5.97 Å². The summed E-state index contributed by atoms with van der Waals surface area (Å²) in [7, 11) is 0. The van der Waals surface area contributed by atoms with Crippen LogP contribution in [-0.2, 0) is 24.2 Å². The molecule has 0 fully saturated rings. The Hall–Kier alpha value is -2.33. The number of carbonyl (C=O) groups is 1. The van der Waals surface area contributed by atoms with Crippen LogP contribution in [0.3, 0.4) is 0 Å². The Kier molecular flexibility index (Phi) is 5.09. The molecule has 132 valence electrons. The summed E-state index contributed by atoms with van der Waals surface area (Å²) < 4.78 is 5.67. The monoisotopic (exact) mass is 339 g/mol. The molecule has 0 radical (unpaired) electrons. The van der Waals surface area contributed by atoms with E-state index in [2.05, 4.69) is 35.6 Å². The molecular formula is C21H25NO3. The van der Waals surface area contributed by atoms with Crippen molar-refractivity contribution in [3.05, 3.63) is 65.2 Å². The van der Waals surface area contributed by atoms with Crippen LogP contribution in [-0.4, -0.2) is 22.7 Å². The fraction of sp³-hybridized carbons (Fsp3) is 0.381. The second-order valence-corrected chi connectivity index (χ2v) is 7.15. The molecule has 2 aromatic rings. The number of hydrogen-bond acceptors (Lipinski definition) is 3. The minimum absolute atomic E-state index is 0.426. The number of ether oxygens (including phenoxy) is 1. The number of hydrogen-bond donors (Lipinski definition) is 2. The number of rotatable bonds is 6. The van der Waals surface area contributed by atoms with Gasteiger partial charge in [0.15, 0.2) is 5.60 Å². The molecule has 2 aromatic carbocycles. The van der Waals surface area contributed by atoms with Gasteiger partial charge in [0.1, 0.15) is 5.75 Å². The molecule has 1 aliphatic rings. The van der Waals surface area contributed by atoms with E-state index in [9.17, 15) is 9.90 Å². The van der Waals surface area contributed by atoms with Gasteiger partial charge in [0.2, 0.25) is 0 Å². The molecule has 0 aromatic heterocycles. The quantitative estimate of drug-likeness (QED) is 0.845. The summed E-state index contributed by atoms with van der Waals surface area (Å²) in [4.78, 5) is 11.3. The van der Waals surface area contributed by atoms with Crippen LogP contribution in [0.1, 0.15) is 37.0 Å². The molecule has 0 saturated heterocycles. The maximum atomic E-state index is 11.3. The first-order valence-corrected chi connectivity index (χ1v) is 8.75. The third-order valence-corrected chi connectivity index (χ3v) is 4.73. The van der Waals surface area contributed by atoms with E-state index in [1.54, 1.807) is 13.8 Å². The molecule has 0 aliphatic heterocycles. The van der Waals surface area contributed by atoms with Gasteiger partial charge in [0.05, 0.1) is 0 Å². The van der Waals surface area contributed by atoms with E-state index in [1.165, 1.54) is 16.7 Å². The Morgan fingerprint density at radius 1 is 1.20 bits per heavy atom. The molecule has 4 nitrogen and oxygen atoms in total. The summed E-state index contributed by atoms with van der Waals surface area (Å²) in [6.45, 7) is 4.00. The fourth-order valence-electron chi connectivity index (χ4n) is 3.17. The molecule has 1 unspecified atom stereocenters. The standard InChI is InChI=1S/C21H25NO3/c1-21(2,20(23)24)25-19-11-9-16-8-10-18(12-17(16)13-19)22-14-15-6-4-3-5-7-15/h3-7,9,11,13,18,22H,8,10,12,14H2,1-2H3,(H,23,24). The van der Waals surface area contributed by atoms with Crippen LogP contribution in [0, 0.1) is 0 Å². The van der Waals surface area contributed by atoms with E-state index in [-0.39, 0.29) is 0 Å². The van der Waals surface area contributed by atoms with E-state index in [0.717, 1.165) is 25.8 Å². The van der Waals surface area contributed by atoms with Crippen molar-refractivity contribution in [3.63, 3.8) is 0 Å². The molecule has 4 heteroatoms. The Morgan fingerprint density at radius 2 is 1.96 bits per heavy atom. The summed E-state index contributed by atoms with van der Waals surface area (Å²) in [5.74, 6) is -0.345. The lowest BCUT2D eigenvalue weighted by molar-refractivity contribution is -0.152. The summed E-state index contributed by atoms with van der Waals surface area (Å²) >= 11 is 0. The molecule has 0 bridgehead atoms. The molecule has 0 amide bonds. The maximum Gasteiger partial charge on any atom is 0.347 e. The van der Waals surface area contributed by atoms with Crippen molar-refractivity contribution in [3.8, 4) is 5.75 Å². The topological polar surface area (TPSA) is 58.6 Å². The smallest absolute Gasteiger partial charge is 0.347 e. The fourth-order valence-corrected chi connectivity index (χ4v) is 3.17. The van der Waals surface area contributed by atoms with Gasteiger partial charge in [-0.15, -0.1) is 0 Å². The number of aliphatic carboxylic acids is 1. The number of aryl methyl sites for hydroxylation is 1. The SMILES string of the molecule is CC(C)(Oc1ccc2c(c1)CC(NCc1ccccc1)CC2)C(=O)O. The van der Waals surface area contributed by atoms with Crippen molar-refractivity contribution < 1.29 is 14.6 Å². The number of carboxylic acid groups (broad SMARTS) is 1. The molecular weight excluding hydrogens is 314 g/mol. The van der Waals surface area contributed by atoms with Crippen LogP contribution in [0.25, 0.3) is 0 Å². The summed E-state index contributed by atoms with van der Waals surface area (Å²) in [5, 5.41) is 12.9. The van der Waals surface area contributed by atoms with Gasteiger partial charge >= 0.3 is 5.97 Å². The van der Waals surface area contributed by atoms with Gasteiger partial charge in [0, 0.05) is 12.6 Å². The second-order valence-electron chi connectivity index (χ2n) is 7.15. The molecule has 2 N–H and O–H groups in total. The highest BCUT2D eigenvalue weighted by atomic mass is 16.5. The lowest BCUT2D eigenvalue weighted by Crippen LogP contribution is -2.38. The zero-order chi connectivity index (χ0) is 17.9. The average Bonchev–Trinajstić information content (AvgIpc) is 2.60. The minimum atomic E-state index is -1.23. The van der Waals surface area contributed by atoms with E-state index in [1.807, 2.05) is 18.2 Å². The van der Waals surface area contributed by atoms with Crippen molar-refractivity contribution in [2.75, 3.05) is 0 Å². The van der Waals surface area contributed by atoms with Gasteiger partial charge in [-0.1, -0.05) is 36.4 Å². The zero-order valence-electron chi connectivity index (χ0n) is 14.8. The first kappa shape index (κ1) is 17.5. The summed E-state index contributed by atoms with van der Waals surface area (Å²) in [6, 6.07) is 16.8. The van der Waals surface area contributed by atoms with Crippen molar-refractivity contribution in [2.45, 2.75) is 51.3 Å². The lowest BCUT2D eigenvalue weighted by atomic mass is 9.88. The Balaban J connectivity index is 1.65. The Morgan fingerprint density at radius 3 is 2.68 bits per heavy atom. The lowest BCUT2D eigenvalue weighted by Gasteiger charge is -2.27. The third-order valence-electron chi connectivity index (χ3n) is 4.73. The van der Waals surface area contributed by atoms with E-state index >= 15 is 0 Å². The molecule has 3 rings (SSSR count). The maximum absolute atomic E-state index is 11.3. The van der Waals surface area contributed by atoms with Gasteiger partial charge in [0.25, 0.3) is 0 Å². The molecule has 0 spiro atoms. The predicted octanol–water partition coefficient (Wildman–Crippen LogP) is 3.58. The van der Waals surface area contributed by atoms with Gasteiger partial charge in [-0.05, 0) is 61.9 Å². The molecule has 1 aliphatic carbocycles. The highest BCUT2D eigenvalue weighted by molar-refractivity contribution is 5.76. The van der Waals surface area contributed by atoms with E-state index in [0.29, 0.717) is 11.8 Å². The van der Waals surface area contributed by atoms with Crippen molar-refractivity contribution in [2.24, 2.45) is 0 Å². The first-order valence-electron chi connectivity index (χ1n) is 8.75. The van der Waals surface area contributed by atoms with Gasteiger partial charge in [-0.25, -0.2) is 4.79 Å². The van der Waals surface area contributed by atoms with Crippen LogP contribution in [0.15, 0.2) is 48.5 Å². The van der Waals surface area contributed by atoms with Gasteiger partial charge in [-0.3, -0.25) is 0 Å². The molecule has 0 heterocycles. The number of nitrogens with one attached hydrogen (secondary N) is 1. The van der Waals surface area contributed by atoms with Gasteiger partial charge in [-0.2, -0.15) is 0 Å². The van der Waals surface area contributed by atoms with Crippen molar-refractivity contribution in [1.82, 2.24) is 5.32 Å². The minimum Gasteiger partial charge on any atom is -0.478 e. The highest BCUT2D eigenvalue weighted by Gasteiger charge is 2.30. The van der Waals surface area contributed by atoms with Crippen LogP contribution in [0.2, 0.25) is 0 Å². The normalized spacial score (nSPS) is 17.0. The molecule has 25 heavy (non-hydrogen) atoms. The molecule has 1 atom stereocenters. The van der Waals surface area contributed by atoms with E-state index in [4.69, 9.17) is 4.74 Å².